The highest BCUT2D eigenvalue weighted by atomic mass is 16.1. The first-order chi connectivity index (χ1) is 10.7. The zero-order chi connectivity index (χ0) is 15.1. The summed E-state index contributed by atoms with van der Waals surface area (Å²) < 4.78 is 1.96. The normalized spacial score (nSPS) is 17.4. The minimum Gasteiger partial charge on any atom is -0.349 e. The topological polar surface area (TPSA) is 62.2 Å². The van der Waals surface area contributed by atoms with E-state index in [9.17, 15) is 4.79 Å². The fraction of sp³-hybridized carbons (Fsp3) is 0.294. The number of carbonyl (C=O) groups is 1. The Labute approximate surface area is 128 Å². The number of aromatic amines is 1. The molecule has 22 heavy (non-hydrogen) atoms. The summed E-state index contributed by atoms with van der Waals surface area (Å²) in [5, 5.41) is 10.5. The molecule has 0 aliphatic heterocycles. The molecule has 1 amide bonds. The van der Waals surface area contributed by atoms with Gasteiger partial charge in [0, 0.05) is 36.1 Å². The second-order valence-corrected chi connectivity index (χ2v) is 5.95. The molecular formula is C17H18N4O. The lowest BCUT2D eigenvalue weighted by Gasteiger charge is -2.22. The van der Waals surface area contributed by atoms with Gasteiger partial charge in [-0.05, 0) is 43.5 Å². The fourth-order valence-electron chi connectivity index (χ4n) is 3.23. The Hall–Kier alpha value is -2.56. The number of aromatic nitrogens is 3. The summed E-state index contributed by atoms with van der Waals surface area (Å²) in [5.74, 6) is -0.00981. The van der Waals surface area contributed by atoms with Crippen LogP contribution in [0.3, 0.4) is 0 Å². The lowest BCUT2D eigenvalue weighted by molar-refractivity contribution is 0.0933. The first-order valence-corrected chi connectivity index (χ1v) is 7.61. The summed E-state index contributed by atoms with van der Waals surface area (Å²) in [4.78, 5) is 12.4. The molecular weight excluding hydrogens is 276 g/mol. The maximum absolute atomic E-state index is 12.4. The van der Waals surface area contributed by atoms with Crippen molar-refractivity contribution in [3.8, 4) is 0 Å². The molecule has 0 spiro atoms. The number of amides is 1. The molecule has 4 rings (SSSR count). The lowest BCUT2D eigenvalue weighted by atomic mass is 9.92. The Kier molecular flexibility index (Phi) is 2.99. The van der Waals surface area contributed by atoms with Crippen molar-refractivity contribution in [2.45, 2.75) is 32.2 Å². The molecule has 0 aromatic carbocycles. The van der Waals surface area contributed by atoms with Gasteiger partial charge in [-0.3, -0.25) is 9.89 Å². The molecule has 3 aromatic heterocycles. The molecule has 1 atom stereocenters. The minimum absolute atomic E-state index is 0.00981. The molecule has 5 nitrogen and oxygen atoms in total. The van der Waals surface area contributed by atoms with Crippen molar-refractivity contribution in [3.63, 3.8) is 0 Å². The Morgan fingerprint density at radius 1 is 1.45 bits per heavy atom. The molecule has 0 saturated heterocycles. The molecule has 0 saturated carbocycles. The number of rotatable bonds is 2. The minimum atomic E-state index is -0.00981. The molecule has 1 unspecified atom stereocenters. The molecule has 5 heteroatoms. The Morgan fingerprint density at radius 3 is 3.23 bits per heavy atom. The van der Waals surface area contributed by atoms with Crippen molar-refractivity contribution >= 4 is 11.4 Å². The van der Waals surface area contributed by atoms with E-state index in [-0.39, 0.29) is 11.9 Å². The number of fused-ring (bicyclic) bond motifs is 2. The third kappa shape index (κ3) is 2.19. The van der Waals surface area contributed by atoms with Gasteiger partial charge >= 0.3 is 0 Å². The summed E-state index contributed by atoms with van der Waals surface area (Å²) in [6, 6.07) is 8.00. The van der Waals surface area contributed by atoms with E-state index in [1.54, 1.807) is 0 Å². The summed E-state index contributed by atoms with van der Waals surface area (Å²) in [7, 11) is 0. The van der Waals surface area contributed by atoms with E-state index < -0.39 is 0 Å². The largest absolute Gasteiger partial charge is 0.349 e. The van der Waals surface area contributed by atoms with Crippen LogP contribution in [0.2, 0.25) is 0 Å². The van der Waals surface area contributed by atoms with E-state index in [0.29, 0.717) is 5.56 Å². The number of aryl methyl sites for hydroxylation is 1. The number of carbonyl (C=O) groups excluding carboxylic acids is 1. The van der Waals surface area contributed by atoms with Gasteiger partial charge in [0.2, 0.25) is 0 Å². The predicted octanol–water partition coefficient (Wildman–Crippen LogP) is 2.26. The number of nitrogens with one attached hydrogen (secondary N) is 2. The predicted molar refractivity (Wildman–Crippen MR) is 84.0 cm³/mol. The molecule has 3 aromatic rings. The van der Waals surface area contributed by atoms with Crippen molar-refractivity contribution in [3.05, 3.63) is 59.2 Å². The van der Waals surface area contributed by atoms with Crippen molar-refractivity contribution in [1.29, 1.82) is 0 Å². The summed E-state index contributed by atoms with van der Waals surface area (Å²) in [6.07, 6.45) is 6.56. The van der Waals surface area contributed by atoms with Gasteiger partial charge in [-0.1, -0.05) is 6.07 Å². The number of pyridine rings is 1. The van der Waals surface area contributed by atoms with E-state index >= 15 is 0 Å². The number of hydrogen-bond acceptors (Lipinski definition) is 2. The van der Waals surface area contributed by atoms with Crippen LogP contribution in [0.25, 0.3) is 5.52 Å². The van der Waals surface area contributed by atoms with Crippen LogP contribution in [0, 0.1) is 6.92 Å². The van der Waals surface area contributed by atoms with Crippen LogP contribution in [0.4, 0.5) is 0 Å². The van der Waals surface area contributed by atoms with Crippen molar-refractivity contribution < 1.29 is 4.79 Å². The summed E-state index contributed by atoms with van der Waals surface area (Å²) >= 11 is 0. The second-order valence-electron chi connectivity index (χ2n) is 5.95. The van der Waals surface area contributed by atoms with Crippen LogP contribution in [0.15, 0.2) is 36.7 Å². The fourth-order valence-corrected chi connectivity index (χ4v) is 3.23. The highest BCUT2D eigenvalue weighted by Crippen LogP contribution is 2.22. The van der Waals surface area contributed by atoms with Crippen molar-refractivity contribution in [1.82, 2.24) is 19.9 Å². The maximum Gasteiger partial charge on any atom is 0.253 e. The Morgan fingerprint density at radius 2 is 2.36 bits per heavy atom. The van der Waals surface area contributed by atoms with E-state index in [0.717, 1.165) is 36.2 Å². The zero-order valence-electron chi connectivity index (χ0n) is 12.5. The van der Waals surface area contributed by atoms with E-state index in [1.807, 2.05) is 41.1 Å². The molecule has 0 fully saturated rings. The average molecular weight is 294 g/mol. The highest BCUT2D eigenvalue weighted by molar-refractivity contribution is 5.95. The van der Waals surface area contributed by atoms with E-state index in [2.05, 4.69) is 22.4 Å². The van der Waals surface area contributed by atoms with Gasteiger partial charge in [0.25, 0.3) is 5.91 Å². The SMILES string of the molecule is Cc1[nH]nc2c1CCC(NC(=O)c1cc3ccccn3c1)C2. The van der Waals surface area contributed by atoms with E-state index in [4.69, 9.17) is 0 Å². The quantitative estimate of drug-likeness (QED) is 0.761. The van der Waals surface area contributed by atoms with Gasteiger partial charge in [-0.2, -0.15) is 5.10 Å². The van der Waals surface area contributed by atoms with Crippen LogP contribution in [0.5, 0.6) is 0 Å². The molecule has 1 aliphatic rings. The van der Waals surface area contributed by atoms with Gasteiger partial charge < -0.3 is 9.72 Å². The number of nitrogens with zero attached hydrogens (tertiary/aromatic N) is 2. The van der Waals surface area contributed by atoms with Gasteiger partial charge in [0.15, 0.2) is 0 Å². The molecule has 0 bridgehead atoms. The highest BCUT2D eigenvalue weighted by Gasteiger charge is 2.24. The third-order valence-corrected chi connectivity index (χ3v) is 4.44. The van der Waals surface area contributed by atoms with Crippen molar-refractivity contribution in [2.24, 2.45) is 0 Å². The Balaban J connectivity index is 1.50. The monoisotopic (exact) mass is 294 g/mol. The standard InChI is InChI=1S/C17H18N4O/c1-11-15-6-5-13(9-16(15)20-19-11)18-17(22)12-8-14-4-2-3-7-21(14)10-12/h2-4,7-8,10,13H,5-6,9H2,1H3,(H,18,22)(H,19,20). The zero-order valence-corrected chi connectivity index (χ0v) is 12.5. The summed E-state index contributed by atoms with van der Waals surface area (Å²) in [6.45, 7) is 2.05. The average Bonchev–Trinajstić information content (AvgIpc) is 3.11. The van der Waals surface area contributed by atoms with Crippen LogP contribution in [0.1, 0.15) is 33.7 Å². The molecule has 1 aliphatic carbocycles. The van der Waals surface area contributed by atoms with Gasteiger partial charge in [-0.15, -0.1) is 0 Å². The second kappa shape index (κ2) is 5.02. The van der Waals surface area contributed by atoms with Crippen LogP contribution < -0.4 is 5.32 Å². The van der Waals surface area contributed by atoms with Crippen molar-refractivity contribution in [2.75, 3.05) is 0 Å². The molecule has 112 valence electrons. The lowest BCUT2D eigenvalue weighted by Crippen LogP contribution is -2.38. The first kappa shape index (κ1) is 13.1. The van der Waals surface area contributed by atoms with Crippen LogP contribution >= 0.6 is 0 Å². The van der Waals surface area contributed by atoms with E-state index in [1.165, 1.54) is 5.56 Å². The number of hydrogen-bond donors (Lipinski definition) is 2. The maximum atomic E-state index is 12.4. The third-order valence-electron chi connectivity index (χ3n) is 4.44. The van der Waals surface area contributed by atoms with Gasteiger partial charge in [-0.25, -0.2) is 0 Å². The Bertz CT molecular complexity index is 812. The van der Waals surface area contributed by atoms with Crippen LogP contribution in [-0.4, -0.2) is 26.5 Å². The molecule has 0 radical (unpaired) electrons. The molecule has 2 N–H and O–H groups in total. The molecule has 3 heterocycles. The van der Waals surface area contributed by atoms with Crippen LogP contribution in [-0.2, 0) is 12.8 Å². The first-order valence-electron chi connectivity index (χ1n) is 7.61. The number of H-pyrrole nitrogens is 1. The van der Waals surface area contributed by atoms with Gasteiger partial charge in [0.1, 0.15) is 0 Å². The smallest absolute Gasteiger partial charge is 0.253 e. The van der Waals surface area contributed by atoms with Gasteiger partial charge in [0.05, 0.1) is 11.3 Å². The summed E-state index contributed by atoms with van der Waals surface area (Å²) in [5.41, 5.74) is 5.30.